The van der Waals surface area contributed by atoms with Crippen molar-refractivity contribution in [3.8, 4) is 5.88 Å². The van der Waals surface area contributed by atoms with Gasteiger partial charge in [-0.3, -0.25) is 9.71 Å². The van der Waals surface area contributed by atoms with Crippen LogP contribution in [0.1, 0.15) is 16.8 Å². The second kappa shape index (κ2) is 9.41. The zero-order valence-electron chi connectivity index (χ0n) is 16.4. The Labute approximate surface area is 195 Å². The third-order valence-corrected chi connectivity index (χ3v) is 6.00. The Bertz CT molecular complexity index is 1330. The molecule has 0 aliphatic carbocycles. The predicted molar refractivity (Wildman–Crippen MR) is 115 cm³/mol. The van der Waals surface area contributed by atoms with Crippen molar-refractivity contribution >= 4 is 44.6 Å². The number of alkyl halides is 3. The number of aromatic hydroxyl groups is 1. The number of pyridine rings is 2. The van der Waals surface area contributed by atoms with Crippen molar-refractivity contribution in [2.75, 3.05) is 11.8 Å². The van der Waals surface area contributed by atoms with Crippen molar-refractivity contribution in [2.24, 2.45) is 5.16 Å². The van der Waals surface area contributed by atoms with E-state index in [0.717, 1.165) is 12.1 Å². The van der Waals surface area contributed by atoms with Gasteiger partial charge in [0.1, 0.15) is 18.5 Å². The number of hydrogen-bond donors (Lipinski definition) is 2. The second-order valence-corrected chi connectivity index (χ2v) is 8.82. The van der Waals surface area contributed by atoms with Crippen molar-refractivity contribution in [3.63, 3.8) is 0 Å². The number of rotatable bonds is 6. The quantitative estimate of drug-likeness (QED) is 0.359. The lowest BCUT2D eigenvalue weighted by atomic mass is 10.1. The summed E-state index contributed by atoms with van der Waals surface area (Å²) in [5.74, 6) is -0.452. The first-order valence-corrected chi connectivity index (χ1v) is 11.0. The maximum atomic E-state index is 13.2. The molecule has 1 aromatic carbocycles. The highest BCUT2D eigenvalue weighted by molar-refractivity contribution is 7.92. The summed E-state index contributed by atoms with van der Waals surface area (Å²) >= 11 is 11.5. The van der Waals surface area contributed by atoms with Crippen molar-refractivity contribution in [1.29, 1.82) is 0 Å². The molecule has 0 aliphatic heterocycles. The van der Waals surface area contributed by atoms with E-state index < -0.39 is 37.6 Å². The molecule has 174 valence electrons. The Morgan fingerprint density at radius 2 is 1.91 bits per heavy atom. The van der Waals surface area contributed by atoms with Crippen LogP contribution in [0.5, 0.6) is 5.88 Å². The molecule has 0 saturated carbocycles. The molecule has 0 bridgehead atoms. The summed E-state index contributed by atoms with van der Waals surface area (Å²) in [7, 11) is -3.37. The maximum Gasteiger partial charge on any atom is 0.417 e. The van der Waals surface area contributed by atoms with Crippen LogP contribution in [0.2, 0.25) is 10.0 Å². The summed E-state index contributed by atoms with van der Waals surface area (Å²) in [6.07, 6.45) is -2.39. The molecule has 0 unspecified atom stereocenters. The van der Waals surface area contributed by atoms with Crippen molar-refractivity contribution in [1.82, 2.24) is 9.97 Å². The molecule has 0 saturated heterocycles. The molecule has 14 heteroatoms. The molecule has 0 aliphatic rings. The van der Waals surface area contributed by atoms with Gasteiger partial charge in [0, 0.05) is 12.4 Å². The van der Waals surface area contributed by atoms with E-state index in [9.17, 15) is 26.7 Å². The lowest BCUT2D eigenvalue weighted by Crippen LogP contribution is -2.18. The normalized spacial score (nSPS) is 12.5. The molecule has 0 spiro atoms. The highest BCUT2D eigenvalue weighted by Gasteiger charge is 2.34. The largest absolute Gasteiger partial charge is 0.493 e. The standard InChI is InChI=1S/C19H13Cl2F3N4O4S/c1-32-27-16(12-3-2-6-25-18(12)29)17-15(7-10(20)9-26-17)28-33(30,31)11-4-5-14(21)13(8-11)19(22,23)24/h2-9,28H,1H3,(H,25,29). The number of nitrogens with one attached hydrogen (secondary N) is 1. The molecule has 3 rings (SSSR count). The van der Waals surface area contributed by atoms with Crippen LogP contribution in [-0.2, 0) is 21.0 Å². The Kier molecular flexibility index (Phi) is 7.00. The van der Waals surface area contributed by atoms with Gasteiger partial charge in [-0.15, -0.1) is 0 Å². The number of oxime groups is 1. The Balaban J connectivity index is 2.13. The molecule has 2 N–H and O–H groups in total. The molecule has 2 aromatic heterocycles. The van der Waals surface area contributed by atoms with Crippen LogP contribution < -0.4 is 4.72 Å². The average Bonchev–Trinajstić information content (AvgIpc) is 2.72. The molecule has 0 amide bonds. The third-order valence-electron chi connectivity index (χ3n) is 4.10. The molecule has 33 heavy (non-hydrogen) atoms. The molecule has 0 radical (unpaired) electrons. The van der Waals surface area contributed by atoms with E-state index in [1.807, 2.05) is 0 Å². The van der Waals surface area contributed by atoms with Crippen molar-refractivity contribution in [2.45, 2.75) is 11.1 Å². The Hall–Kier alpha value is -3.09. The number of sulfonamides is 1. The van der Waals surface area contributed by atoms with Gasteiger partial charge in [-0.1, -0.05) is 28.4 Å². The number of anilines is 1. The fourth-order valence-corrected chi connectivity index (χ4v) is 4.16. The second-order valence-electron chi connectivity index (χ2n) is 6.29. The lowest BCUT2D eigenvalue weighted by molar-refractivity contribution is -0.137. The van der Waals surface area contributed by atoms with E-state index in [0.29, 0.717) is 6.07 Å². The van der Waals surface area contributed by atoms with Crippen LogP contribution in [0.25, 0.3) is 0 Å². The highest BCUT2D eigenvalue weighted by Crippen LogP contribution is 2.36. The summed E-state index contributed by atoms with van der Waals surface area (Å²) < 4.78 is 67.5. The van der Waals surface area contributed by atoms with Gasteiger partial charge in [0.15, 0.2) is 0 Å². The predicted octanol–water partition coefficient (Wildman–Crippen LogP) is 4.71. The minimum atomic E-state index is -4.87. The maximum absolute atomic E-state index is 13.2. The Morgan fingerprint density at radius 3 is 2.55 bits per heavy atom. The van der Waals surface area contributed by atoms with Gasteiger partial charge in [-0.05, 0) is 36.4 Å². The number of hydrogen-bond acceptors (Lipinski definition) is 7. The van der Waals surface area contributed by atoms with Crippen molar-refractivity contribution < 1.29 is 31.5 Å². The van der Waals surface area contributed by atoms with E-state index in [-0.39, 0.29) is 27.7 Å². The fraction of sp³-hybridized carbons (Fsp3) is 0.105. The third kappa shape index (κ3) is 5.46. The molecule has 8 nitrogen and oxygen atoms in total. The summed E-state index contributed by atoms with van der Waals surface area (Å²) in [6, 6.07) is 6.20. The molecule has 2 heterocycles. The van der Waals surface area contributed by atoms with Crippen LogP contribution in [0, 0.1) is 0 Å². The van der Waals surface area contributed by atoms with E-state index >= 15 is 0 Å². The van der Waals surface area contributed by atoms with Gasteiger partial charge < -0.3 is 9.94 Å². The SMILES string of the molecule is CON=C(c1cccnc1O)c1ncc(Cl)cc1NS(=O)(=O)c1ccc(Cl)c(C(F)(F)F)c1. The van der Waals surface area contributed by atoms with E-state index in [4.69, 9.17) is 28.0 Å². The monoisotopic (exact) mass is 520 g/mol. The number of halogens is 5. The highest BCUT2D eigenvalue weighted by atomic mass is 35.5. The van der Waals surface area contributed by atoms with Crippen molar-refractivity contribution in [3.05, 3.63) is 75.7 Å². The minimum absolute atomic E-state index is 0.00992. The summed E-state index contributed by atoms with van der Waals surface area (Å²) in [4.78, 5) is 11.9. The van der Waals surface area contributed by atoms with Gasteiger partial charge in [0.05, 0.1) is 31.8 Å². The average molecular weight is 521 g/mol. The van der Waals surface area contributed by atoms with Gasteiger partial charge >= 0.3 is 6.18 Å². The zero-order valence-corrected chi connectivity index (χ0v) is 18.8. The van der Waals surface area contributed by atoms with Crippen LogP contribution in [0.4, 0.5) is 18.9 Å². The number of aromatic nitrogens is 2. The van der Waals surface area contributed by atoms with Crippen LogP contribution in [-0.4, -0.2) is 36.3 Å². The number of nitrogens with zero attached hydrogens (tertiary/aromatic N) is 3. The van der Waals surface area contributed by atoms with Crippen LogP contribution in [0.3, 0.4) is 0 Å². The molecule has 0 fully saturated rings. The van der Waals surface area contributed by atoms with Gasteiger partial charge in [0.2, 0.25) is 5.88 Å². The molecular weight excluding hydrogens is 508 g/mol. The summed E-state index contributed by atoms with van der Waals surface area (Å²) in [5.41, 5.74) is -1.79. The Morgan fingerprint density at radius 1 is 1.18 bits per heavy atom. The first kappa shape index (κ1) is 24.6. The summed E-state index contributed by atoms with van der Waals surface area (Å²) in [5, 5.41) is 13.2. The topological polar surface area (TPSA) is 114 Å². The van der Waals surface area contributed by atoms with E-state index in [1.165, 1.54) is 37.7 Å². The fourth-order valence-electron chi connectivity index (χ4n) is 2.69. The molecular formula is C19H13Cl2F3N4O4S. The van der Waals surface area contributed by atoms with Crippen LogP contribution in [0.15, 0.2) is 58.8 Å². The minimum Gasteiger partial charge on any atom is -0.493 e. The van der Waals surface area contributed by atoms with Crippen LogP contribution >= 0.6 is 23.2 Å². The zero-order chi connectivity index (χ0) is 24.4. The first-order valence-electron chi connectivity index (χ1n) is 8.75. The summed E-state index contributed by atoms with van der Waals surface area (Å²) in [6.45, 7) is 0. The molecule has 3 aromatic rings. The first-order chi connectivity index (χ1) is 15.4. The smallest absolute Gasteiger partial charge is 0.417 e. The number of benzene rings is 1. The van der Waals surface area contributed by atoms with Gasteiger partial charge in [-0.25, -0.2) is 13.4 Å². The molecule has 0 atom stereocenters. The van der Waals surface area contributed by atoms with Gasteiger partial charge in [0.25, 0.3) is 10.0 Å². The van der Waals surface area contributed by atoms with E-state index in [1.54, 1.807) is 0 Å². The van der Waals surface area contributed by atoms with Gasteiger partial charge in [-0.2, -0.15) is 13.2 Å². The van der Waals surface area contributed by atoms with E-state index in [2.05, 4.69) is 19.8 Å². The lowest BCUT2D eigenvalue weighted by Gasteiger charge is -2.15.